The first-order valence-electron chi connectivity index (χ1n) is 8.65. The van der Waals surface area contributed by atoms with Gasteiger partial charge in [0.2, 0.25) is 0 Å². The maximum atomic E-state index is 4.17. The van der Waals surface area contributed by atoms with Crippen LogP contribution in [0.2, 0.25) is 0 Å². The zero-order chi connectivity index (χ0) is 16.7. The topological polar surface area (TPSA) is 0 Å². The standard InChI is InChI=1S/C24H22/c1-4-5-23-17(3)7-9-21-15-19(11-13-24(21)23)18-10-12-22-16(2)6-8-20(22)14-18/h4-5,7,9-15H,2,6,8H2,1,3H3/b5-4-. The molecule has 24 heavy (non-hydrogen) atoms. The van der Waals surface area contributed by atoms with Crippen LogP contribution in [0.15, 0.2) is 61.2 Å². The highest BCUT2D eigenvalue weighted by molar-refractivity contribution is 5.94. The minimum atomic E-state index is 1.10. The number of rotatable bonds is 2. The summed E-state index contributed by atoms with van der Waals surface area (Å²) in [6.07, 6.45) is 6.55. The Labute approximate surface area is 144 Å². The Morgan fingerprint density at radius 3 is 2.54 bits per heavy atom. The van der Waals surface area contributed by atoms with Gasteiger partial charge in [-0.3, -0.25) is 0 Å². The molecule has 118 valence electrons. The number of hydrogen-bond acceptors (Lipinski definition) is 0. The molecule has 0 bridgehead atoms. The van der Waals surface area contributed by atoms with E-state index in [0.717, 1.165) is 12.8 Å². The smallest absolute Gasteiger partial charge is 0.0108 e. The lowest BCUT2D eigenvalue weighted by Gasteiger charge is -2.10. The molecule has 0 fully saturated rings. The molecule has 3 aromatic carbocycles. The van der Waals surface area contributed by atoms with Gasteiger partial charge >= 0.3 is 0 Å². The van der Waals surface area contributed by atoms with E-state index in [9.17, 15) is 0 Å². The minimum absolute atomic E-state index is 1.10. The summed E-state index contributed by atoms with van der Waals surface area (Å²) < 4.78 is 0. The third kappa shape index (κ3) is 2.39. The van der Waals surface area contributed by atoms with Crippen LogP contribution >= 0.6 is 0 Å². The van der Waals surface area contributed by atoms with Gasteiger partial charge in [0.05, 0.1) is 0 Å². The molecular formula is C24H22. The van der Waals surface area contributed by atoms with E-state index in [0.29, 0.717) is 0 Å². The van der Waals surface area contributed by atoms with Crippen molar-refractivity contribution in [1.29, 1.82) is 0 Å². The van der Waals surface area contributed by atoms with E-state index in [1.807, 2.05) is 0 Å². The maximum absolute atomic E-state index is 4.17. The fraction of sp³-hybridized carbons (Fsp3) is 0.167. The van der Waals surface area contributed by atoms with Crippen molar-refractivity contribution in [3.63, 3.8) is 0 Å². The summed E-state index contributed by atoms with van der Waals surface area (Å²) in [7, 11) is 0. The van der Waals surface area contributed by atoms with Crippen molar-refractivity contribution in [2.24, 2.45) is 0 Å². The Balaban J connectivity index is 1.84. The van der Waals surface area contributed by atoms with Crippen LogP contribution in [0.5, 0.6) is 0 Å². The Bertz CT molecular complexity index is 986. The van der Waals surface area contributed by atoms with Gasteiger partial charge in [-0.05, 0) is 82.5 Å². The molecule has 0 saturated carbocycles. The van der Waals surface area contributed by atoms with Crippen molar-refractivity contribution in [3.05, 3.63) is 83.4 Å². The highest BCUT2D eigenvalue weighted by Crippen LogP contribution is 2.35. The van der Waals surface area contributed by atoms with Crippen LogP contribution in [0.25, 0.3) is 33.5 Å². The van der Waals surface area contributed by atoms with Gasteiger partial charge in [0, 0.05) is 0 Å². The predicted octanol–water partition coefficient (Wildman–Crippen LogP) is 6.81. The minimum Gasteiger partial charge on any atom is -0.0952 e. The summed E-state index contributed by atoms with van der Waals surface area (Å²) in [6.45, 7) is 8.42. The molecule has 0 heteroatoms. The molecule has 0 N–H and O–H groups in total. The van der Waals surface area contributed by atoms with Crippen LogP contribution in [0, 0.1) is 6.92 Å². The van der Waals surface area contributed by atoms with Crippen molar-refractivity contribution in [1.82, 2.24) is 0 Å². The Morgan fingerprint density at radius 1 is 0.917 bits per heavy atom. The quantitative estimate of drug-likeness (QED) is 0.488. The second-order valence-electron chi connectivity index (χ2n) is 6.71. The molecule has 3 aromatic rings. The van der Waals surface area contributed by atoms with Gasteiger partial charge in [-0.15, -0.1) is 0 Å². The molecule has 0 saturated heterocycles. The van der Waals surface area contributed by atoms with E-state index in [2.05, 4.69) is 81.1 Å². The SMILES string of the molecule is C=C1CCc2cc(-c3ccc4c(/C=C\C)c(C)ccc4c3)ccc21. The Kier molecular flexibility index (Phi) is 3.61. The summed E-state index contributed by atoms with van der Waals surface area (Å²) in [4.78, 5) is 0. The first-order chi connectivity index (χ1) is 11.7. The summed E-state index contributed by atoms with van der Waals surface area (Å²) in [6, 6.07) is 18.1. The second-order valence-corrected chi connectivity index (χ2v) is 6.71. The van der Waals surface area contributed by atoms with Gasteiger partial charge in [0.1, 0.15) is 0 Å². The molecule has 0 unspecified atom stereocenters. The van der Waals surface area contributed by atoms with Gasteiger partial charge in [-0.25, -0.2) is 0 Å². The van der Waals surface area contributed by atoms with Crippen LogP contribution in [-0.4, -0.2) is 0 Å². The Morgan fingerprint density at radius 2 is 1.71 bits per heavy atom. The van der Waals surface area contributed by atoms with Crippen molar-refractivity contribution >= 4 is 22.4 Å². The second kappa shape index (κ2) is 5.79. The molecular weight excluding hydrogens is 288 g/mol. The summed E-state index contributed by atoms with van der Waals surface area (Å²) >= 11 is 0. The zero-order valence-corrected chi connectivity index (χ0v) is 14.4. The van der Waals surface area contributed by atoms with E-state index >= 15 is 0 Å². The van der Waals surface area contributed by atoms with E-state index in [1.54, 1.807) is 0 Å². The van der Waals surface area contributed by atoms with Crippen molar-refractivity contribution in [2.45, 2.75) is 26.7 Å². The third-order valence-corrected chi connectivity index (χ3v) is 5.13. The highest BCUT2D eigenvalue weighted by atomic mass is 14.2. The lowest BCUT2D eigenvalue weighted by molar-refractivity contribution is 1.08. The van der Waals surface area contributed by atoms with Crippen LogP contribution in [0.3, 0.4) is 0 Å². The first-order valence-corrected chi connectivity index (χ1v) is 8.65. The van der Waals surface area contributed by atoms with Gasteiger partial charge < -0.3 is 0 Å². The van der Waals surface area contributed by atoms with Gasteiger partial charge in [0.15, 0.2) is 0 Å². The van der Waals surface area contributed by atoms with Crippen LogP contribution in [-0.2, 0) is 6.42 Å². The predicted molar refractivity (Wildman–Crippen MR) is 106 cm³/mol. The largest absolute Gasteiger partial charge is 0.0952 e. The monoisotopic (exact) mass is 310 g/mol. The van der Waals surface area contributed by atoms with E-state index in [4.69, 9.17) is 0 Å². The number of hydrogen-bond donors (Lipinski definition) is 0. The molecule has 0 nitrogen and oxygen atoms in total. The van der Waals surface area contributed by atoms with Crippen LogP contribution in [0.4, 0.5) is 0 Å². The van der Waals surface area contributed by atoms with E-state index < -0.39 is 0 Å². The first kappa shape index (κ1) is 15.0. The number of aryl methyl sites for hydroxylation is 2. The number of allylic oxidation sites excluding steroid dienone is 2. The molecule has 0 amide bonds. The highest BCUT2D eigenvalue weighted by Gasteiger charge is 2.15. The molecule has 0 aromatic heterocycles. The maximum Gasteiger partial charge on any atom is -0.0108 e. The molecule has 0 spiro atoms. The molecule has 4 rings (SSSR count). The number of fused-ring (bicyclic) bond motifs is 2. The normalized spacial score (nSPS) is 13.8. The van der Waals surface area contributed by atoms with Crippen LogP contribution < -0.4 is 0 Å². The molecule has 1 aliphatic rings. The van der Waals surface area contributed by atoms with Crippen LogP contribution in [0.1, 0.15) is 35.6 Å². The Hall–Kier alpha value is -2.60. The molecule has 0 atom stereocenters. The molecule has 0 aliphatic heterocycles. The molecule has 0 radical (unpaired) electrons. The average molecular weight is 310 g/mol. The fourth-order valence-corrected chi connectivity index (χ4v) is 3.78. The third-order valence-electron chi connectivity index (χ3n) is 5.13. The molecule has 0 heterocycles. The molecule has 1 aliphatic carbocycles. The van der Waals surface area contributed by atoms with E-state index in [1.165, 1.54) is 49.7 Å². The van der Waals surface area contributed by atoms with Gasteiger partial charge in [-0.1, -0.05) is 61.2 Å². The lowest BCUT2D eigenvalue weighted by Crippen LogP contribution is -1.87. The van der Waals surface area contributed by atoms with Crippen molar-refractivity contribution in [3.8, 4) is 11.1 Å². The number of benzene rings is 3. The average Bonchev–Trinajstić information content (AvgIpc) is 2.98. The van der Waals surface area contributed by atoms with Crippen molar-refractivity contribution < 1.29 is 0 Å². The fourth-order valence-electron chi connectivity index (χ4n) is 3.78. The summed E-state index contributed by atoms with van der Waals surface area (Å²) in [5.74, 6) is 0. The summed E-state index contributed by atoms with van der Waals surface area (Å²) in [5, 5.41) is 2.63. The van der Waals surface area contributed by atoms with Crippen molar-refractivity contribution in [2.75, 3.05) is 0 Å². The zero-order valence-electron chi connectivity index (χ0n) is 14.4. The van der Waals surface area contributed by atoms with Gasteiger partial charge in [0.25, 0.3) is 0 Å². The van der Waals surface area contributed by atoms with E-state index in [-0.39, 0.29) is 0 Å². The van der Waals surface area contributed by atoms with Gasteiger partial charge in [-0.2, -0.15) is 0 Å². The summed E-state index contributed by atoms with van der Waals surface area (Å²) in [5.41, 5.74) is 9.32. The lowest BCUT2D eigenvalue weighted by atomic mass is 9.94.